The van der Waals surface area contributed by atoms with E-state index in [1.807, 2.05) is 11.3 Å². The fraction of sp³-hybridized carbons (Fsp3) is 0. The molecular formula is C58H37NS. The first-order chi connectivity index (χ1) is 29.8. The Balaban J connectivity index is 1.17. The van der Waals surface area contributed by atoms with Gasteiger partial charge in [-0.2, -0.15) is 0 Å². The van der Waals surface area contributed by atoms with Gasteiger partial charge in [-0.3, -0.25) is 0 Å². The molecule has 2 heteroatoms. The molecule has 0 N–H and O–H groups in total. The van der Waals surface area contributed by atoms with Gasteiger partial charge in [0.15, 0.2) is 0 Å². The molecule has 60 heavy (non-hydrogen) atoms. The van der Waals surface area contributed by atoms with E-state index in [1.54, 1.807) is 0 Å². The van der Waals surface area contributed by atoms with Gasteiger partial charge < -0.3 is 4.90 Å². The molecule has 12 rings (SSSR count). The normalized spacial score (nSPS) is 11.7. The lowest BCUT2D eigenvalue weighted by Gasteiger charge is -2.30. The van der Waals surface area contributed by atoms with Crippen molar-refractivity contribution < 1.29 is 0 Å². The van der Waals surface area contributed by atoms with Crippen molar-refractivity contribution in [3.05, 3.63) is 224 Å². The Hall–Kier alpha value is -7.52. The highest BCUT2D eigenvalue weighted by Gasteiger charge is 2.24. The molecule has 1 heterocycles. The fourth-order valence-corrected chi connectivity index (χ4v) is 10.8. The molecule has 0 spiro atoms. The third kappa shape index (κ3) is 5.46. The number of nitrogens with zero attached hydrogens (tertiary/aromatic N) is 1. The average molecular weight is 780 g/mol. The SMILES string of the molecule is c1ccc(-c2c(-c3ccccc3)c3cc(-c4ccccc4N(c4cccc5c4ccc4ccccc45)c4cccc5c4sc4ccccc45)ccc3c3ccccc23)cc1. The van der Waals surface area contributed by atoms with Crippen molar-refractivity contribution in [2.75, 3.05) is 4.90 Å². The van der Waals surface area contributed by atoms with Crippen LogP contribution in [0.1, 0.15) is 0 Å². The van der Waals surface area contributed by atoms with Crippen LogP contribution in [0.5, 0.6) is 0 Å². The van der Waals surface area contributed by atoms with Crippen LogP contribution in [0.15, 0.2) is 224 Å². The first-order valence-corrected chi connectivity index (χ1v) is 21.4. The molecule has 11 aromatic carbocycles. The summed E-state index contributed by atoms with van der Waals surface area (Å²) >= 11 is 1.88. The summed E-state index contributed by atoms with van der Waals surface area (Å²) in [5.74, 6) is 0. The Morgan fingerprint density at radius 3 is 1.62 bits per heavy atom. The number of para-hydroxylation sites is 1. The van der Waals surface area contributed by atoms with Gasteiger partial charge in [0.2, 0.25) is 0 Å². The van der Waals surface area contributed by atoms with Crippen molar-refractivity contribution in [3.63, 3.8) is 0 Å². The van der Waals surface area contributed by atoms with E-state index in [1.165, 1.54) is 102 Å². The molecule has 0 bridgehead atoms. The molecule has 0 unspecified atom stereocenters. The number of hydrogen-bond acceptors (Lipinski definition) is 2. The smallest absolute Gasteiger partial charge is 0.0640 e. The maximum Gasteiger partial charge on any atom is 0.0640 e. The molecular weight excluding hydrogens is 743 g/mol. The topological polar surface area (TPSA) is 3.24 Å². The summed E-state index contributed by atoms with van der Waals surface area (Å²) in [6.45, 7) is 0. The lowest BCUT2D eigenvalue weighted by Crippen LogP contribution is -2.12. The highest BCUT2D eigenvalue weighted by molar-refractivity contribution is 7.26. The molecule has 280 valence electrons. The van der Waals surface area contributed by atoms with Crippen LogP contribution in [-0.2, 0) is 0 Å². The molecule has 0 saturated heterocycles. The molecule has 0 aliphatic rings. The van der Waals surface area contributed by atoms with E-state index in [0.717, 1.165) is 11.4 Å². The van der Waals surface area contributed by atoms with Crippen LogP contribution in [0.2, 0.25) is 0 Å². The minimum absolute atomic E-state index is 1.13. The average Bonchev–Trinajstić information content (AvgIpc) is 3.71. The summed E-state index contributed by atoms with van der Waals surface area (Å²) in [6.07, 6.45) is 0. The molecule has 0 aliphatic carbocycles. The van der Waals surface area contributed by atoms with Crippen LogP contribution in [0, 0.1) is 0 Å². The molecule has 0 radical (unpaired) electrons. The van der Waals surface area contributed by atoms with Gasteiger partial charge in [0.25, 0.3) is 0 Å². The zero-order chi connectivity index (χ0) is 39.6. The van der Waals surface area contributed by atoms with E-state index in [0.29, 0.717) is 0 Å². The minimum Gasteiger partial charge on any atom is -0.308 e. The Labute approximate surface area is 352 Å². The number of rotatable bonds is 6. The molecule has 0 amide bonds. The van der Waals surface area contributed by atoms with Crippen molar-refractivity contribution in [3.8, 4) is 33.4 Å². The molecule has 1 nitrogen and oxygen atoms in total. The number of benzene rings is 11. The Morgan fingerprint density at radius 1 is 0.283 bits per heavy atom. The Morgan fingerprint density at radius 2 is 0.817 bits per heavy atom. The van der Waals surface area contributed by atoms with E-state index < -0.39 is 0 Å². The standard InChI is InChI=1S/C58H37NS/c1-3-18-39(19-4-1)56-49-26-10-9-24-45(49)46-35-34-41(37-51(46)57(56)40-20-5-2-6-21-40)43-23-11-13-29-52(43)59(54-31-16-28-50-48-25-12-14-32-55(48)60-58(50)54)53-30-15-27-44-42-22-8-7-17-38(42)33-36-47(44)53/h1-37H. The van der Waals surface area contributed by atoms with Crippen LogP contribution >= 0.6 is 11.3 Å². The van der Waals surface area contributed by atoms with Gasteiger partial charge in [-0.1, -0.05) is 194 Å². The third-order valence-electron chi connectivity index (χ3n) is 12.2. The molecule has 0 atom stereocenters. The molecule has 0 fully saturated rings. The monoisotopic (exact) mass is 779 g/mol. The quantitative estimate of drug-likeness (QED) is 0.152. The lowest BCUT2D eigenvalue weighted by atomic mass is 9.84. The van der Waals surface area contributed by atoms with Crippen LogP contribution in [-0.4, -0.2) is 0 Å². The minimum atomic E-state index is 1.13. The van der Waals surface area contributed by atoms with Crippen molar-refractivity contribution in [2.45, 2.75) is 0 Å². The van der Waals surface area contributed by atoms with E-state index in [-0.39, 0.29) is 0 Å². The van der Waals surface area contributed by atoms with Gasteiger partial charge in [0, 0.05) is 26.4 Å². The molecule has 1 aromatic heterocycles. The predicted molar refractivity (Wildman–Crippen MR) is 260 cm³/mol. The lowest BCUT2D eigenvalue weighted by molar-refractivity contribution is 1.32. The summed E-state index contributed by atoms with van der Waals surface area (Å²) in [7, 11) is 0. The summed E-state index contributed by atoms with van der Waals surface area (Å²) in [4.78, 5) is 2.53. The van der Waals surface area contributed by atoms with Gasteiger partial charge in [0.1, 0.15) is 0 Å². The second-order valence-electron chi connectivity index (χ2n) is 15.6. The number of thiophene rings is 1. The largest absolute Gasteiger partial charge is 0.308 e. The fourth-order valence-electron chi connectivity index (χ4n) is 9.60. The predicted octanol–water partition coefficient (Wildman–Crippen LogP) is 17.1. The van der Waals surface area contributed by atoms with E-state index >= 15 is 0 Å². The van der Waals surface area contributed by atoms with Crippen molar-refractivity contribution in [2.24, 2.45) is 0 Å². The van der Waals surface area contributed by atoms with Crippen molar-refractivity contribution in [1.82, 2.24) is 0 Å². The third-order valence-corrected chi connectivity index (χ3v) is 13.4. The van der Waals surface area contributed by atoms with Crippen LogP contribution in [0.25, 0.3) is 96.6 Å². The second-order valence-corrected chi connectivity index (χ2v) is 16.6. The van der Waals surface area contributed by atoms with Gasteiger partial charge >= 0.3 is 0 Å². The Bertz CT molecular complexity index is 3600. The molecule has 0 aliphatic heterocycles. The van der Waals surface area contributed by atoms with Crippen LogP contribution in [0.4, 0.5) is 17.1 Å². The van der Waals surface area contributed by atoms with Crippen LogP contribution < -0.4 is 4.90 Å². The highest BCUT2D eigenvalue weighted by atomic mass is 32.1. The summed E-state index contributed by atoms with van der Waals surface area (Å²) in [6, 6.07) is 82.6. The van der Waals surface area contributed by atoms with E-state index in [9.17, 15) is 0 Å². The molecule has 12 aromatic rings. The summed E-state index contributed by atoms with van der Waals surface area (Å²) < 4.78 is 2.57. The molecule has 0 saturated carbocycles. The number of hydrogen-bond donors (Lipinski definition) is 0. The summed E-state index contributed by atoms with van der Waals surface area (Å²) in [5.41, 5.74) is 10.7. The first-order valence-electron chi connectivity index (χ1n) is 20.6. The zero-order valence-electron chi connectivity index (χ0n) is 32.7. The van der Waals surface area contributed by atoms with Crippen LogP contribution in [0.3, 0.4) is 0 Å². The van der Waals surface area contributed by atoms with Crippen molar-refractivity contribution in [1.29, 1.82) is 0 Å². The highest BCUT2D eigenvalue weighted by Crippen LogP contribution is 2.51. The second kappa shape index (κ2) is 14.1. The van der Waals surface area contributed by atoms with E-state index in [2.05, 4.69) is 229 Å². The maximum absolute atomic E-state index is 2.53. The number of anilines is 3. The maximum atomic E-state index is 2.53. The first kappa shape index (κ1) is 34.5. The zero-order valence-corrected chi connectivity index (χ0v) is 33.5. The Kier molecular flexibility index (Phi) is 8.11. The summed E-state index contributed by atoms with van der Waals surface area (Å²) in [5, 5.41) is 12.5. The van der Waals surface area contributed by atoms with E-state index in [4.69, 9.17) is 0 Å². The number of fused-ring (bicyclic) bond motifs is 9. The van der Waals surface area contributed by atoms with Gasteiger partial charge in [-0.05, 0) is 95.9 Å². The van der Waals surface area contributed by atoms with Gasteiger partial charge in [-0.15, -0.1) is 11.3 Å². The van der Waals surface area contributed by atoms with Gasteiger partial charge in [-0.25, -0.2) is 0 Å². The van der Waals surface area contributed by atoms with Crippen molar-refractivity contribution >= 4 is 91.7 Å². The van der Waals surface area contributed by atoms with Gasteiger partial charge in [0.05, 0.1) is 21.8 Å².